The van der Waals surface area contributed by atoms with Gasteiger partial charge < -0.3 is 0 Å². The van der Waals surface area contributed by atoms with Crippen LogP contribution in [0, 0.1) is 6.92 Å². The zero-order valence-corrected chi connectivity index (χ0v) is 14.2. The summed E-state index contributed by atoms with van der Waals surface area (Å²) in [4.78, 5) is 13.6. The highest BCUT2D eigenvalue weighted by atomic mass is 32.2. The van der Waals surface area contributed by atoms with E-state index in [4.69, 9.17) is 5.10 Å². The molecule has 0 aliphatic carbocycles. The summed E-state index contributed by atoms with van der Waals surface area (Å²) in [7, 11) is 0. The van der Waals surface area contributed by atoms with Gasteiger partial charge in [0, 0.05) is 18.1 Å². The fourth-order valence-electron chi connectivity index (χ4n) is 2.68. The molecule has 0 aliphatic rings. The standard InChI is InChI=1S/C18H15N5S/c1-12-6-5-7-14(20-12)17-16(13-9-10-19-18(21-13)24-2)15-8-3-4-11-23(15)22-17/h3-11H,1-2H3. The summed E-state index contributed by atoms with van der Waals surface area (Å²) in [6.45, 7) is 1.98. The van der Waals surface area contributed by atoms with Gasteiger partial charge in [0.15, 0.2) is 5.16 Å². The maximum atomic E-state index is 4.74. The van der Waals surface area contributed by atoms with Crippen LogP contribution in [0.15, 0.2) is 60.0 Å². The molecule has 0 N–H and O–H groups in total. The molecule has 0 saturated heterocycles. The Bertz CT molecular complexity index is 1020. The molecular formula is C18H15N5S. The van der Waals surface area contributed by atoms with Gasteiger partial charge >= 0.3 is 0 Å². The van der Waals surface area contributed by atoms with Crippen LogP contribution < -0.4 is 0 Å². The predicted octanol–water partition coefficient (Wildman–Crippen LogP) is 3.88. The molecule has 24 heavy (non-hydrogen) atoms. The maximum absolute atomic E-state index is 4.74. The van der Waals surface area contributed by atoms with E-state index in [1.165, 1.54) is 11.8 Å². The maximum Gasteiger partial charge on any atom is 0.187 e. The molecule has 0 atom stereocenters. The number of hydrogen-bond donors (Lipinski definition) is 0. The molecular weight excluding hydrogens is 318 g/mol. The lowest BCUT2D eigenvalue weighted by atomic mass is 10.1. The van der Waals surface area contributed by atoms with Crippen molar-refractivity contribution in [2.45, 2.75) is 12.1 Å². The Hall–Kier alpha value is -2.73. The second-order valence-electron chi connectivity index (χ2n) is 5.35. The molecule has 0 bridgehead atoms. The number of rotatable bonds is 3. The lowest BCUT2D eigenvalue weighted by Gasteiger charge is -2.04. The van der Waals surface area contributed by atoms with Gasteiger partial charge in [0.05, 0.1) is 22.5 Å². The fraction of sp³-hybridized carbons (Fsp3) is 0.111. The Morgan fingerprint density at radius 1 is 0.958 bits per heavy atom. The van der Waals surface area contributed by atoms with E-state index in [1.54, 1.807) is 6.20 Å². The number of nitrogens with zero attached hydrogens (tertiary/aromatic N) is 5. The van der Waals surface area contributed by atoms with Gasteiger partial charge in [-0.1, -0.05) is 23.9 Å². The predicted molar refractivity (Wildman–Crippen MR) is 96.0 cm³/mol. The molecule has 4 aromatic heterocycles. The number of aryl methyl sites for hydroxylation is 1. The van der Waals surface area contributed by atoms with Crippen molar-refractivity contribution in [2.24, 2.45) is 0 Å². The minimum atomic E-state index is 0.742. The van der Waals surface area contributed by atoms with E-state index in [0.717, 1.165) is 39.0 Å². The second-order valence-corrected chi connectivity index (χ2v) is 6.12. The molecule has 0 amide bonds. The van der Waals surface area contributed by atoms with Crippen molar-refractivity contribution in [3.05, 3.63) is 60.6 Å². The molecule has 0 unspecified atom stereocenters. The molecule has 0 spiro atoms. The van der Waals surface area contributed by atoms with E-state index in [9.17, 15) is 0 Å². The topological polar surface area (TPSA) is 56.0 Å². The first-order valence-corrected chi connectivity index (χ1v) is 8.77. The fourth-order valence-corrected chi connectivity index (χ4v) is 3.04. The minimum absolute atomic E-state index is 0.742. The van der Waals surface area contributed by atoms with Crippen LogP contribution in [0.25, 0.3) is 28.2 Å². The van der Waals surface area contributed by atoms with Crippen LogP contribution in [-0.2, 0) is 0 Å². The van der Waals surface area contributed by atoms with Crippen molar-refractivity contribution < 1.29 is 0 Å². The normalized spacial score (nSPS) is 11.1. The summed E-state index contributed by atoms with van der Waals surface area (Å²) in [6, 6.07) is 13.9. The van der Waals surface area contributed by atoms with E-state index in [-0.39, 0.29) is 0 Å². The number of pyridine rings is 2. The van der Waals surface area contributed by atoms with E-state index < -0.39 is 0 Å². The van der Waals surface area contributed by atoms with Gasteiger partial charge in [-0.25, -0.2) is 14.5 Å². The lowest BCUT2D eigenvalue weighted by Crippen LogP contribution is -1.92. The van der Waals surface area contributed by atoms with Gasteiger partial charge in [-0.2, -0.15) is 5.10 Å². The molecule has 5 nitrogen and oxygen atoms in total. The van der Waals surface area contributed by atoms with Crippen molar-refractivity contribution >= 4 is 17.3 Å². The largest absolute Gasteiger partial charge is 0.251 e. The van der Waals surface area contributed by atoms with Crippen LogP contribution in [0.2, 0.25) is 0 Å². The average molecular weight is 333 g/mol. The molecule has 0 fully saturated rings. The Morgan fingerprint density at radius 3 is 2.71 bits per heavy atom. The van der Waals surface area contributed by atoms with Crippen molar-refractivity contribution in [3.63, 3.8) is 0 Å². The van der Waals surface area contributed by atoms with E-state index in [0.29, 0.717) is 0 Å². The Morgan fingerprint density at radius 2 is 1.88 bits per heavy atom. The summed E-state index contributed by atoms with van der Waals surface area (Å²) >= 11 is 1.52. The summed E-state index contributed by atoms with van der Waals surface area (Å²) in [5.41, 5.74) is 5.47. The molecule has 0 saturated carbocycles. The van der Waals surface area contributed by atoms with Crippen molar-refractivity contribution in [1.82, 2.24) is 24.6 Å². The SMILES string of the molecule is CSc1nccc(-c2c(-c3cccc(C)n3)nn3ccccc23)n1. The number of thioether (sulfide) groups is 1. The van der Waals surface area contributed by atoms with Crippen LogP contribution in [0.1, 0.15) is 5.69 Å². The lowest BCUT2D eigenvalue weighted by molar-refractivity contribution is 0.961. The summed E-state index contributed by atoms with van der Waals surface area (Å²) < 4.78 is 1.87. The molecule has 0 aliphatic heterocycles. The molecule has 6 heteroatoms. The molecule has 0 radical (unpaired) electrons. The Balaban J connectivity index is 2.03. The van der Waals surface area contributed by atoms with Crippen LogP contribution in [0.4, 0.5) is 0 Å². The number of aromatic nitrogens is 5. The minimum Gasteiger partial charge on any atom is -0.251 e. The summed E-state index contributed by atoms with van der Waals surface area (Å²) in [5, 5.41) is 5.48. The molecule has 118 valence electrons. The zero-order valence-electron chi connectivity index (χ0n) is 13.3. The van der Waals surface area contributed by atoms with Crippen molar-refractivity contribution in [2.75, 3.05) is 6.26 Å². The third kappa shape index (κ3) is 2.55. The van der Waals surface area contributed by atoms with Gasteiger partial charge in [0.2, 0.25) is 0 Å². The van der Waals surface area contributed by atoms with Crippen LogP contribution in [-0.4, -0.2) is 30.8 Å². The first-order valence-electron chi connectivity index (χ1n) is 7.55. The highest BCUT2D eigenvalue weighted by molar-refractivity contribution is 7.98. The third-order valence-corrected chi connectivity index (χ3v) is 4.30. The molecule has 0 aromatic carbocycles. The van der Waals surface area contributed by atoms with Crippen LogP contribution in [0.3, 0.4) is 0 Å². The second kappa shape index (κ2) is 6.05. The smallest absolute Gasteiger partial charge is 0.187 e. The third-order valence-electron chi connectivity index (χ3n) is 3.74. The monoisotopic (exact) mass is 333 g/mol. The number of fused-ring (bicyclic) bond motifs is 1. The highest BCUT2D eigenvalue weighted by Gasteiger charge is 2.18. The van der Waals surface area contributed by atoms with Gasteiger partial charge in [-0.05, 0) is 43.5 Å². The Labute approximate surface area is 143 Å². The van der Waals surface area contributed by atoms with Gasteiger partial charge in [-0.3, -0.25) is 4.98 Å². The summed E-state index contributed by atoms with van der Waals surface area (Å²) in [5.74, 6) is 0. The zero-order chi connectivity index (χ0) is 16.5. The Kier molecular flexibility index (Phi) is 3.74. The first kappa shape index (κ1) is 14.8. The number of hydrogen-bond acceptors (Lipinski definition) is 5. The molecule has 4 aromatic rings. The van der Waals surface area contributed by atoms with Gasteiger partial charge in [0.1, 0.15) is 5.69 Å². The van der Waals surface area contributed by atoms with Crippen LogP contribution in [0.5, 0.6) is 0 Å². The average Bonchev–Trinajstić information content (AvgIpc) is 3.01. The van der Waals surface area contributed by atoms with Crippen molar-refractivity contribution in [1.29, 1.82) is 0 Å². The molecule has 4 heterocycles. The van der Waals surface area contributed by atoms with E-state index >= 15 is 0 Å². The van der Waals surface area contributed by atoms with E-state index in [1.807, 2.05) is 66.4 Å². The highest BCUT2D eigenvalue weighted by Crippen LogP contribution is 2.33. The quantitative estimate of drug-likeness (QED) is 0.420. The van der Waals surface area contributed by atoms with E-state index in [2.05, 4.69) is 15.0 Å². The summed E-state index contributed by atoms with van der Waals surface area (Å²) in [6.07, 6.45) is 5.70. The van der Waals surface area contributed by atoms with Crippen LogP contribution >= 0.6 is 11.8 Å². The first-order chi connectivity index (χ1) is 11.8. The van der Waals surface area contributed by atoms with Crippen molar-refractivity contribution in [3.8, 4) is 22.6 Å². The van der Waals surface area contributed by atoms with Gasteiger partial charge in [-0.15, -0.1) is 0 Å². The van der Waals surface area contributed by atoms with Gasteiger partial charge in [0.25, 0.3) is 0 Å². The molecule has 4 rings (SSSR count).